The molecule has 0 saturated heterocycles. The third-order valence-corrected chi connectivity index (χ3v) is 0.800. The first kappa shape index (κ1) is 29.4. The molecular formula is C6H12Cl5N. The van der Waals surface area contributed by atoms with Crippen molar-refractivity contribution in [3.63, 3.8) is 0 Å². The summed E-state index contributed by atoms with van der Waals surface area (Å²) in [5, 5.41) is 0. The molecule has 0 amide bonds. The first-order chi connectivity index (χ1) is 3.39. The first-order valence-electron chi connectivity index (χ1n) is 2.20. The average Bonchev–Trinajstić information content (AvgIpc) is 1.69. The standard InChI is InChI=1S/C6H7N.5ClH/c7-6-4-2-1-3-5-6;;;;;/h1-5H,7H2;5*1H. The van der Waals surface area contributed by atoms with Crippen LogP contribution in [0.1, 0.15) is 0 Å². The lowest BCUT2D eigenvalue weighted by Crippen LogP contribution is -1.79. The van der Waals surface area contributed by atoms with Crippen LogP contribution in [0.3, 0.4) is 0 Å². The average molecular weight is 275 g/mol. The van der Waals surface area contributed by atoms with Crippen molar-refractivity contribution in [2.24, 2.45) is 0 Å². The van der Waals surface area contributed by atoms with E-state index in [2.05, 4.69) is 0 Å². The van der Waals surface area contributed by atoms with Crippen LogP contribution in [-0.4, -0.2) is 0 Å². The molecule has 1 aromatic carbocycles. The van der Waals surface area contributed by atoms with Gasteiger partial charge in [0, 0.05) is 5.69 Å². The molecule has 0 aromatic heterocycles. The summed E-state index contributed by atoms with van der Waals surface area (Å²) in [6.07, 6.45) is 0. The molecule has 6 heteroatoms. The maximum Gasteiger partial charge on any atom is 0.0313 e. The Hall–Kier alpha value is 0.470. The van der Waals surface area contributed by atoms with E-state index in [1.165, 1.54) is 0 Å². The molecule has 0 atom stereocenters. The van der Waals surface area contributed by atoms with Crippen molar-refractivity contribution in [3.05, 3.63) is 30.3 Å². The van der Waals surface area contributed by atoms with Crippen LogP contribution in [0, 0.1) is 0 Å². The lowest BCUT2D eigenvalue weighted by atomic mass is 10.3. The van der Waals surface area contributed by atoms with Gasteiger partial charge in [-0.25, -0.2) is 0 Å². The number of para-hydroxylation sites is 1. The van der Waals surface area contributed by atoms with Gasteiger partial charge in [-0.3, -0.25) is 0 Å². The van der Waals surface area contributed by atoms with E-state index >= 15 is 0 Å². The van der Waals surface area contributed by atoms with Gasteiger partial charge in [0.05, 0.1) is 0 Å². The lowest BCUT2D eigenvalue weighted by molar-refractivity contribution is 1.69. The second kappa shape index (κ2) is 17.5. The normalized spacial score (nSPS) is 5.00. The van der Waals surface area contributed by atoms with Gasteiger partial charge in [-0.15, -0.1) is 62.0 Å². The smallest absolute Gasteiger partial charge is 0.0313 e. The zero-order valence-electron chi connectivity index (χ0n) is 6.01. The van der Waals surface area contributed by atoms with Crippen LogP contribution >= 0.6 is 62.0 Å². The summed E-state index contributed by atoms with van der Waals surface area (Å²) < 4.78 is 0. The summed E-state index contributed by atoms with van der Waals surface area (Å²) in [5.74, 6) is 0. The van der Waals surface area contributed by atoms with Crippen LogP contribution in [0.4, 0.5) is 5.69 Å². The minimum atomic E-state index is 0. The monoisotopic (exact) mass is 273 g/mol. The number of anilines is 1. The summed E-state index contributed by atoms with van der Waals surface area (Å²) in [6, 6.07) is 9.49. The van der Waals surface area contributed by atoms with Gasteiger partial charge in [0.2, 0.25) is 0 Å². The number of nitrogens with two attached hydrogens (primary N) is 1. The van der Waals surface area contributed by atoms with E-state index in [0.29, 0.717) is 0 Å². The fraction of sp³-hybridized carbons (Fsp3) is 0. The van der Waals surface area contributed by atoms with Gasteiger partial charge in [0.1, 0.15) is 0 Å². The fourth-order valence-corrected chi connectivity index (χ4v) is 0.453. The van der Waals surface area contributed by atoms with Crippen molar-refractivity contribution in [1.29, 1.82) is 0 Å². The number of benzene rings is 1. The van der Waals surface area contributed by atoms with Crippen molar-refractivity contribution in [1.82, 2.24) is 0 Å². The van der Waals surface area contributed by atoms with E-state index in [0.717, 1.165) is 5.69 Å². The number of halogens is 5. The molecule has 0 aliphatic rings. The highest BCUT2D eigenvalue weighted by molar-refractivity contribution is 5.86. The fourth-order valence-electron chi connectivity index (χ4n) is 0.453. The molecule has 1 aromatic rings. The minimum absolute atomic E-state index is 0. The minimum Gasteiger partial charge on any atom is -0.399 e. The Balaban J connectivity index is -0.0000000327. The zero-order valence-corrected chi connectivity index (χ0v) is 10.1. The maximum absolute atomic E-state index is 5.36. The second-order valence-electron chi connectivity index (χ2n) is 1.41. The third-order valence-electron chi connectivity index (χ3n) is 0.800. The molecule has 1 nitrogen and oxygen atoms in total. The molecule has 0 bridgehead atoms. The molecule has 0 unspecified atom stereocenters. The van der Waals surface area contributed by atoms with Crippen molar-refractivity contribution in [2.45, 2.75) is 0 Å². The molecular weight excluding hydrogens is 263 g/mol. The van der Waals surface area contributed by atoms with Gasteiger partial charge in [-0.1, -0.05) is 18.2 Å². The summed E-state index contributed by atoms with van der Waals surface area (Å²) in [5.41, 5.74) is 6.18. The molecule has 0 radical (unpaired) electrons. The molecule has 0 saturated carbocycles. The van der Waals surface area contributed by atoms with Crippen molar-refractivity contribution < 1.29 is 0 Å². The highest BCUT2D eigenvalue weighted by atomic mass is 35.5. The Morgan fingerprint density at radius 3 is 1.17 bits per heavy atom. The Labute approximate surface area is 104 Å². The van der Waals surface area contributed by atoms with Gasteiger partial charge < -0.3 is 5.73 Å². The Bertz CT molecular complexity index is 146. The number of hydrogen-bond donors (Lipinski definition) is 1. The van der Waals surface area contributed by atoms with Gasteiger partial charge in [-0.05, 0) is 12.1 Å². The zero-order chi connectivity index (χ0) is 5.11. The molecule has 1 rings (SSSR count). The van der Waals surface area contributed by atoms with E-state index < -0.39 is 0 Å². The van der Waals surface area contributed by atoms with Crippen molar-refractivity contribution in [2.75, 3.05) is 5.73 Å². The lowest BCUT2D eigenvalue weighted by Gasteiger charge is -1.83. The topological polar surface area (TPSA) is 26.0 Å². The van der Waals surface area contributed by atoms with E-state index in [9.17, 15) is 0 Å². The van der Waals surface area contributed by atoms with Gasteiger partial charge in [0.25, 0.3) is 0 Å². The van der Waals surface area contributed by atoms with E-state index in [1.54, 1.807) is 0 Å². The van der Waals surface area contributed by atoms with Crippen molar-refractivity contribution in [3.8, 4) is 0 Å². The number of rotatable bonds is 0. The van der Waals surface area contributed by atoms with Crippen LogP contribution < -0.4 is 5.73 Å². The summed E-state index contributed by atoms with van der Waals surface area (Å²) in [4.78, 5) is 0. The molecule has 76 valence electrons. The highest BCUT2D eigenvalue weighted by Gasteiger charge is 1.72. The molecule has 0 heterocycles. The van der Waals surface area contributed by atoms with E-state index in [1.807, 2.05) is 30.3 Å². The summed E-state index contributed by atoms with van der Waals surface area (Å²) in [6.45, 7) is 0. The number of hydrogen-bond acceptors (Lipinski definition) is 1. The molecule has 0 aliphatic heterocycles. The van der Waals surface area contributed by atoms with Crippen LogP contribution in [0.25, 0.3) is 0 Å². The Morgan fingerprint density at radius 1 is 0.667 bits per heavy atom. The van der Waals surface area contributed by atoms with Crippen molar-refractivity contribution >= 4 is 67.7 Å². The molecule has 0 spiro atoms. The molecule has 12 heavy (non-hydrogen) atoms. The van der Waals surface area contributed by atoms with Crippen LogP contribution in [0.5, 0.6) is 0 Å². The molecule has 0 fully saturated rings. The second-order valence-corrected chi connectivity index (χ2v) is 1.41. The quantitative estimate of drug-likeness (QED) is 0.722. The largest absolute Gasteiger partial charge is 0.399 e. The van der Waals surface area contributed by atoms with Crippen LogP contribution in [0.15, 0.2) is 30.3 Å². The Kier molecular flexibility index (Phi) is 42.9. The highest BCUT2D eigenvalue weighted by Crippen LogP contribution is 1.95. The van der Waals surface area contributed by atoms with Crippen LogP contribution in [0.2, 0.25) is 0 Å². The summed E-state index contributed by atoms with van der Waals surface area (Å²) in [7, 11) is 0. The first-order valence-corrected chi connectivity index (χ1v) is 2.20. The van der Waals surface area contributed by atoms with E-state index in [-0.39, 0.29) is 62.0 Å². The van der Waals surface area contributed by atoms with Gasteiger partial charge in [0.15, 0.2) is 0 Å². The predicted octanol–water partition coefficient (Wildman–Crippen LogP) is 3.38. The molecule has 2 N–H and O–H groups in total. The summed E-state index contributed by atoms with van der Waals surface area (Å²) >= 11 is 0. The molecule has 0 aliphatic carbocycles. The van der Waals surface area contributed by atoms with E-state index in [4.69, 9.17) is 5.73 Å². The van der Waals surface area contributed by atoms with Gasteiger partial charge in [-0.2, -0.15) is 0 Å². The third kappa shape index (κ3) is 13.1. The predicted molar refractivity (Wildman–Crippen MR) is 67.1 cm³/mol. The Morgan fingerprint density at radius 2 is 1.00 bits per heavy atom. The van der Waals surface area contributed by atoms with Gasteiger partial charge >= 0.3 is 0 Å². The SMILES string of the molecule is Cl.Cl.Cl.Cl.Cl.Nc1ccccc1. The van der Waals surface area contributed by atoms with Crippen LogP contribution in [-0.2, 0) is 0 Å². The number of nitrogen functional groups attached to an aromatic ring is 1. The maximum atomic E-state index is 5.36.